The van der Waals surface area contributed by atoms with E-state index >= 15 is 0 Å². The molecule has 0 unspecified atom stereocenters. The first-order valence-corrected chi connectivity index (χ1v) is 7.80. The standard InChI is InChI=1S/C15H16Cl2N4O3/c1-15(2,6-9-3-4-10(16)5-11(9)17)18-13(22)8-21-7-12(14(23)24)19-20-21/h3-5,7H,6,8H2,1-2H3,(H,18,22)(H,23,24). The van der Waals surface area contributed by atoms with Gasteiger partial charge in [0, 0.05) is 15.6 Å². The van der Waals surface area contributed by atoms with Crippen LogP contribution in [-0.2, 0) is 17.8 Å². The fraction of sp³-hybridized carbons (Fsp3) is 0.333. The van der Waals surface area contributed by atoms with E-state index in [2.05, 4.69) is 15.6 Å². The lowest BCUT2D eigenvalue weighted by Gasteiger charge is -2.27. The molecule has 0 aliphatic carbocycles. The van der Waals surface area contributed by atoms with Crippen molar-refractivity contribution in [2.24, 2.45) is 0 Å². The Morgan fingerprint density at radius 1 is 1.33 bits per heavy atom. The Morgan fingerprint density at radius 2 is 2.04 bits per heavy atom. The molecular weight excluding hydrogens is 355 g/mol. The summed E-state index contributed by atoms with van der Waals surface area (Å²) in [5, 5.41) is 19.8. The normalized spacial score (nSPS) is 11.3. The highest BCUT2D eigenvalue weighted by molar-refractivity contribution is 6.35. The molecule has 0 bridgehead atoms. The van der Waals surface area contributed by atoms with Crippen LogP contribution in [0, 0.1) is 0 Å². The summed E-state index contributed by atoms with van der Waals surface area (Å²) < 4.78 is 1.17. The monoisotopic (exact) mass is 370 g/mol. The Labute approximate surface area is 148 Å². The highest BCUT2D eigenvalue weighted by Gasteiger charge is 2.23. The van der Waals surface area contributed by atoms with E-state index in [1.54, 1.807) is 12.1 Å². The number of benzene rings is 1. The van der Waals surface area contributed by atoms with E-state index < -0.39 is 11.5 Å². The molecule has 2 aromatic rings. The van der Waals surface area contributed by atoms with Crippen molar-refractivity contribution in [1.82, 2.24) is 20.3 Å². The number of carboxylic acids is 1. The van der Waals surface area contributed by atoms with Crippen molar-refractivity contribution in [1.29, 1.82) is 0 Å². The minimum absolute atomic E-state index is 0.127. The predicted octanol–water partition coefficient (Wildman–Crippen LogP) is 2.42. The number of carbonyl (C=O) groups is 2. The fourth-order valence-corrected chi connectivity index (χ4v) is 2.70. The number of nitrogens with one attached hydrogen (secondary N) is 1. The van der Waals surface area contributed by atoms with Gasteiger partial charge in [-0.25, -0.2) is 9.48 Å². The third kappa shape index (κ3) is 4.94. The summed E-state index contributed by atoms with van der Waals surface area (Å²) in [6.45, 7) is 3.60. The smallest absolute Gasteiger partial charge is 0.358 e. The maximum Gasteiger partial charge on any atom is 0.358 e. The summed E-state index contributed by atoms with van der Waals surface area (Å²) in [6, 6.07) is 5.21. The minimum atomic E-state index is -1.20. The summed E-state index contributed by atoms with van der Waals surface area (Å²) in [5.74, 6) is -1.51. The van der Waals surface area contributed by atoms with Crippen molar-refractivity contribution >= 4 is 35.1 Å². The lowest BCUT2D eigenvalue weighted by molar-refractivity contribution is -0.123. The number of carboxylic acid groups (broad SMARTS) is 1. The zero-order valence-electron chi connectivity index (χ0n) is 13.1. The molecule has 1 aromatic carbocycles. The average molecular weight is 371 g/mol. The minimum Gasteiger partial charge on any atom is -0.476 e. The molecule has 2 rings (SSSR count). The Kier molecular flexibility index (Phi) is 5.46. The van der Waals surface area contributed by atoms with Crippen LogP contribution in [0.5, 0.6) is 0 Å². The van der Waals surface area contributed by atoms with Gasteiger partial charge in [-0.15, -0.1) is 5.10 Å². The van der Waals surface area contributed by atoms with Gasteiger partial charge in [0.25, 0.3) is 0 Å². The molecule has 1 amide bonds. The van der Waals surface area contributed by atoms with E-state index in [1.165, 1.54) is 10.9 Å². The first-order valence-electron chi connectivity index (χ1n) is 7.05. The van der Waals surface area contributed by atoms with Crippen LogP contribution in [0.25, 0.3) is 0 Å². The molecule has 0 radical (unpaired) electrons. The highest BCUT2D eigenvalue weighted by atomic mass is 35.5. The van der Waals surface area contributed by atoms with Gasteiger partial charge in [0.05, 0.1) is 6.20 Å². The topological polar surface area (TPSA) is 97.1 Å². The first-order chi connectivity index (χ1) is 11.2. The number of carbonyl (C=O) groups excluding carboxylic acids is 1. The van der Waals surface area contributed by atoms with Crippen LogP contribution in [0.3, 0.4) is 0 Å². The van der Waals surface area contributed by atoms with E-state index in [-0.39, 0.29) is 18.1 Å². The molecule has 1 aromatic heterocycles. The van der Waals surface area contributed by atoms with Crippen molar-refractivity contribution in [3.8, 4) is 0 Å². The molecule has 2 N–H and O–H groups in total. The van der Waals surface area contributed by atoms with Crippen LogP contribution in [-0.4, -0.2) is 37.5 Å². The Morgan fingerprint density at radius 3 is 2.62 bits per heavy atom. The van der Waals surface area contributed by atoms with E-state index in [9.17, 15) is 9.59 Å². The summed E-state index contributed by atoms with van der Waals surface area (Å²) in [7, 11) is 0. The van der Waals surface area contributed by atoms with Crippen molar-refractivity contribution in [3.63, 3.8) is 0 Å². The fourth-order valence-electron chi connectivity index (χ4n) is 2.22. The number of nitrogens with zero attached hydrogens (tertiary/aromatic N) is 3. The van der Waals surface area contributed by atoms with Gasteiger partial charge in [-0.2, -0.15) is 0 Å². The van der Waals surface area contributed by atoms with E-state index in [0.29, 0.717) is 16.5 Å². The number of rotatable bonds is 6. The maximum atomic E-state index is 12.1. The van der Waals surface area contributed by atoms with Crippen molar-refractivity contribution in [2.45, 2.75) is 32.4 Å². The Bertz CT molecular complexity index is 774. The number of hydrogen-bond donors (Lipinski definition) is 2. The Balaban J connectivity index is 1.99. The van der Waals surface area contributed by atoms with Gasteiger partial charge in [-0.05, 0) is 38.0 Å². The summed E-state index contributed by atoms with van der Waals surface area (Å²) in [6.07, 6.45) is 1.71. The quantitative estimate of drug-likeness (QED) is 0.813. The van der Waals surface area contributed by atoms with Crippen LogP contribution in [0.15, 0.2) is 24.4 Å². The van der Waals surface area contributed by atoms with Gasteiger partial charge < -0.3 is 10.4 Å². The predicted molar refractivity (Wildman–Crippen MR) is 89.4 cm³/mol. The van der Waals surface area contributed by atoms with Crippen LogP contribution in [0.1, 0.15) is 29.9 Å². The molecule has 0 aliphatic heterocycles. The van der Waals surface area contributed by atoms with Gasteiger partial charge in [0.2, 0.25) is 5.91 Å². The van der Waals surface area contributed by atoms with Crippen molar-refractivity contribution in [3.05, 3.63) is 45.7 Å². The van der Waals surface area contributed by atoms with Crippen molar-refractivity contribution < 1.29 is 14.7 Å². The highest BCUT2D eigenvalue weighted by Crippen LogP contribution is 2.24. The third-order valence-corrected chi connectivity index (χ3v) is 3.78. The second kappa shape index (κ2) is 7.19. The van der Waals surface area contributed by atoms with Gasteiger partial charge in [0.15, 0.2) is 5.69 Å². The molecule has 128 valence electrons. The third-order valence-electron chi connectivity index (χ3n) is 3.19. The van der Waals surface area contributed by atoms with Gasteiger partial charge in [0.1, 0.15) is 6.54 Å². The number of halogens is 2. The molecule has 0 atom stereocenters. The maximum absolute atomic E-state index is 12.1. The number of aromatic carboxylic acids is 1. The second-order valence-corrected chi connectivity index (χ2v) is 6.79. The molecular formula is C15H16Cl2N4O3. The van der Waals surface area contributed by atoms with Crippen LogP contribution in [0.2, 0.25) is 10.0 Å². The summed E-state index contributed by atoms with van der Waals surface area (Å²) in [5.41, 5.74) is 0.0837. The van der Waals surface area contributed by atoms with Crippen LogP contribution < -0.4 is 5.32 Å². The van der Waals surface area contributed by atoms with Crippen molar-refractivity contribution in [2.75, 3.05) is 0 Å². The van der Waals surface area contributed by atoms with E-state index in [0.717, 1.165) is 5.56 Å². The average Bonchev–Trinajstić information content (AvgIpc) is 2.89. The van der Waals surface area contributed by atoms with Gasteiger partial charge in [-0.3, -0.25) is 4.79 Å². The first kappa shape index (κ1) is 18.2. The molecule has 0 aliphatic rings. The van der Waals surface area contributed by atoms with Gasteiger partial charge >= 0.3 is 5.97 Å². The number of amides is 1. The SMILES string of the molecule is CC(C)(Cc1ccc(Cl)cc1Cl)NC(=O)Cn1cc(C(=O)O)nn1. The largest absolute Gasteiger partial charge is 0.476 e. The summed E-state index contributed by atoms with van der Waals surface area (Å²) >= 11 is 12.0. The second-order valence-electron chi connectivity index (χ2n) is 5.95. The molecule has 9 heteroatoms. The number of hydrogen-bond acceptors (Lipinski definition) is 4. The molecule has 0 spiro atoms. The molecule has 24 heavy (non-hydrogen) atoms. The van der Waals surface area contributed by atoms with Crippen LogP contribution >= 0.6 is 23.2 Å². The van der Waals surface area contributed by atoms with E-state index in [1.807, 2.05) is 19.9 Å². The van der Waals surface area contributed by atoms with Crippen LogP contribution in [0.4, 0.5) is 0 Å². The molecule has 7 nitrogen and oxygen atoms in total. The lowest BCUT2D eigenvalue weighted by atomic mass is 9.95. The molecule has 1 heterocycles. The molecule has 0 fully saturated rings. The molecule has 0 saturated carbocycles. The molecule has 0 saturated heterocycles. The lowest BCUT2D eigenvalue weighted by Crippen LogP contribution is -2.46. The Hall–Kier alpha value is -2.12. The van der Waals surface area contributed by atoms with Gasteiger partial charge in [-0.1, -0.05) is 34.5 Å². The summed E-state index contributed by atoms with van der Waals surface area (Å²) in [4.78, 5) is 22.9. The number of aromatic nitrogens is 3. The van der Waals surface area contributed by atoms with E-state index in [4.69, 9.17) is 28.3 Å². The zero-order chi connectivity index (χ0) is 17.9. The zero-order valence-corrected chi connectivity index (χ0v) is 14.6.